The van der Waals surface area contributed by atoms with Crippen molar-refractivity contribution in [3.8, 4) is 11.8 Å². The Kier molecular flexibility index (Phi) is 10.4. The second kappa shape index (κ2) is 13.5. The number of aromatic nitrogens is 3. The number of aliphatic hydroxyl groups excluding tert-OH is 1. The number of hydrogen-bond donors (Lipinski definition) is 9. The van der Waals surface area contributed by atoms with Crippen LogP contribution in [0.4, 0.5) is 11.6 Å². The first kappa shape index (κ1) is 34.5. The number of carbonyl (C=O) groups is 1. The molecule has 1 fully saturated rings. The first-order chi connectivity index (χ1) is 21.0. The molecule has 0 spiro atoms. The minimum Gasteiger partial charge on any atom is -0.390 e. The molecule has 0 radical (unpaired) electrons. The second-order valence-electron chi connectivity index (χ2n) is 9.20. The number of anilines is 2. The minimum absolute atomic E-state index is 0.0123. The fourth-order valence-electron chi connectivity index (χ4n) is 4.25. The number of nitrogens with zero attached hydrogens (tertiary/aromatic N) is 2. The van der Waals surface area contributed by atoms with Crippen LogP contribution in [-0.2, 0) is 31.6 Å². The second-order valence-corrected chi connectivity index (χ2v) is 13.6. The number of amides is 1. The van der Waals surface area contributed by atoms with Gasteiger partial charge in [0.15, 0.2) is 5.65 Å². The first-order valence-corrected chi connectivity index (χ1v) is 17.1. The lowest BCUT2D eigenvalue weighted by molar-refractivity contribution is -0.0421. The van der Waals surface area contributed by atoms with Gasteiger partial charge < -0.3 is 50.4 Å². The number of ether oxygens (including phenoxy) is 1. The van der Waals surface area contributed by atoms with Crippen LogP contribution in [0.2, 0.25) is 0 Å². The molecule has 10 N–H and O–H groups in total. The van der Waals surface area contributed by atoms with Gasteiger partial charge in [-0.1, -0.05) is 24.0 Å². The van der Waals surface area contributed by atoms with E-state index in [1.807, 2.05) is 0 Å². The number of nitrogen functional groups attached to an aromatic ring is 1. The molecule has 5 atom stereocenters. The number of phosphoric ester groups is 1. The summed E-state index contributed by atoms with van der Waals surface area (Å²) in [6, 6.07) is 6.83. The van der Waals surface area contributed by atoms with Crippen molar-refractivity contribution in [2.24, 2.45) is 0 Å². The van der Waals surface area contributed by atoms with E-state index in [4.69, 9.17) is 20.3 Å². The number of nitrogens with two attached hydrogens (primary N) is 1. The highest BCUT2D eigenvalue weighted by atomic mass is 31.3. The lowest BCUT2D eigenvalue weighted by Gasteiger charge is -2.19. The number of aliphatic hydroxyl groups is 1. The molecule has 1 aliphatic heterocycles. The standard InChI is InChI=1S/C22H27N6O14P3/c1-24-14-7-3-2-6-13(14)20(30)25-8-4-5-12-10-28(19-18(12)21(31)27-22(23)26-19)17-9-15(29)16(40-17)11-39-44(35,36)42-45(37,38)41-43(32,33)34/h2-3,6-7,10,15-17,24,29H,8-9,11H2,1H3,(H,25,30)(H,35,36)(H,37,38)(H2,32,33,34)(H3,23,26,27,31)/t15-,16+,17+/m0/s1. The highest BCUT2D eigenvalue weighted by Gasteiger charge is 2.43. The van der Waals surface area contributed by atoms with Crippen LogP contribution in [0.15, 0.2) is 35.3 Å². The highest BCUT2D eigenvalue weighted by Crippen LogP contribution is 2.66. The van der Waals surface area contributed by atoms with Crippen LogP contribution in [-0.4, -0.2) is 77.5 Å². The molecule has 1 saturated heterocycles. The van der Waals surface area contributed by atoms with E-state index in [-0.39, 0.29) is 41.4 Å². The third-order valence-corrected chi connectivity index (χ3v) is 9.84. The van der Waals surface area contributed by atoms with Crippen molar-refractivity contribution in [2.45, 2.75) is 24.9 Å². The normalized spacial score (nSPS) is 21.0. The molecule has 45 heavy (non-hydrogen) atoms. The zero-order valence-electron chi connectivity index (χ0n) is 23.0. The summed E-state index contributed by atoms with van der Waals surface area (Å²) in [6.45, 7) is -0.995. The van der Waals surface area contributed by atoms with Crippen molar-refractivity contribution in [1.82, 2.24) is 19.9 Å². The van der Waals surface area contributed by atoms with Gasteiger partial charge >= 0.3 is 23.5 Å². The number of para-hydroxylation sites is 1. The number of aromatic amines is 1. The summed E-state index contributed by atoms with van der Waals surface area (Å²) in [6.07, 6.45) is -2.54. The summed E-state index contributed by atoms with van der Waals surface area (Å²) in [5.41, 5.74) is 6.26. The van der Waals surface area contributed by atoms with Crippen LogP contribution in [0.3, 0.4) is 0 Å². The van der Waals surface area contributed by atoms with Crippen LogP contribution in [0.25, 0.3) is 11.0 Å². The number of rotatable bonds is 11. The maximum Gasteiger partial charge on any atom is 0.490 e. The maximum atomic E-state index is 12.8. The zero-order chi connectivity index (χ0) is 33.2. The van der Waals surface area contributed by atoms with Crippen molar-refractivity contribution in [3.63, 3.8) is 0 Å². The molecule has 3 aromatic rings. The zero-order valence-corrected chi connectivity index (χ0v) is 25.6. The van der Waals surface area contributed by atoms with Crippen LogP contribution in [0.1, 0.15) is 28.6 Å². The molecule has 1 aromatic carbocycles. The first-order valence-electron chi connectivity index (χ1n) is 12.5. The van der Waals surface area contributed by atoms with Crippen molar-refractivity contribution in [3.05, 3.63) is 51.9 Å². The number of phosphoric acid groups is 3. The van der Waals surface area contributed by atoms with Gasteiger partial charge in [-0.05, 0) is 12.1 Å². The molecule has 1 aliphatic rings. The van der Waals surface area contributed by atoms with E-state index in [2.05, 4.69) is 45.6 Å². The van der Waals surface area contributed by atoms with E-state index in [1.165, 1.54) is 10.8 Å². The smallest absolute Gasteiger partial charge is 0.390 e. The Morgan fingerprint density at radius 3 is 2.60 bits per heavy atom. The molecule has 20 nitrogen and oxygen atoms in total. The van der Waals surface area contributed by atoms with Gasteiger partial charge in [0.2, 0.25) is 5.95 Å². The molecule has 4 rings (SSSR count). The quantitative estimate of drug-likeness (QED) is 0.0952. The average Bonchev–Trinajstić information content (AvgIpc) is 3.47. The molecule has 2 aromatic heterocycles. The monoisotopic (exact) mass is 692 g/mol. The Labute approximate surface area is 253 Å². The Hall–Kier alpha value is -3.40. The van der Waals surface area contributed by atoms with Crippen molar-refractivity contribution >= 4 is 52.0 Å². The van der Waals surface area contributed by atoms with Gasteiger partial charge in [0, 0.05) is 25.4 Å². The summed E-state index contributed by atoms with van der Waals surface area (Å²) in [4.78, 5) is 68.1. The van der Waals surface area contributed by atoms with Crippen molar-refractivity contribution in [1.29, 1.82) is 0 Å². The number of H-pyrrole nitrogens is 1. The number of benzene rings is 1. The molecule has 0 bridgehead atoms. The SMILES string of the molecule is CNc1ccccc1C(=O)NCC#Cc1cn([C@H]2C[C@H](O)[C@@H](COP(=O)(O)OP(=O)(O)OP(=O)(O)O)O2)c2nc(N)[nH]c(=O)c12. The van der Waals surface area contributed by atoms with Crippen LogP contribution in [0.5, 0.6) is 0 Å². The Morgan fingerprint density at radius 1 is 1.20 bits per heavy atom. The molecular formula is C22H27N6O14P3. The van der Waals surface area contributed by atoms with E-state index in [9.17, 15) is 38.2 Å². The molecule has 1 amide bonds. The largest absolute Gasteiger partial charge is 0.490 e. The van der Waals surface area contributed by atoms with Gasteiger partial charge in [-0.25, -0.2) is 13.7 Å². The number of fused-ring (bicyclic) bond motifs is 1. The molecule has 0 aliphatic carbocycles. The summed E-state index contributed by atoms with van der Waals surface area (Å²) < 4.78 is 53.3. The van der Waals surface area contributed by atoms with Gasteiger partial charge in [0.1, 0.15) is 12.3 Å². The molecule has 23 heteroatoms. The lowest BCUT2D eigenvalue weighted by atomic mass is 10.1. The Balaban J connectivity index is 1.49. The van der Waals surface area contributed by atoms with Gasteiger partial charge in [0.25, 0.3) is 11.5 Å². The predicted octanol–water partition coefficient (Wildman–Crippen LogP) is 0.122. The van der Waals surface area contributed by atoms with E-state index in [0.717, 1.165) is 0 Å². The molecular weight excluding hydrogens is 665 g/mol. The van der Waals surface area contributed by atoms with Gasteiger partial charge in [-0.15, -0.1) is 0 Å². The predicted molar refractivity (Wildman–Crippen MR) is 154 cm³/mol. The molecule has 244 valence electrons. The van der Waals surface area contributed by atoms with Gasteiger partial charge in [-0.3, -0.25) is 19.1 Å². The van der Waals surface area contributed by atoms with Crippen LogP contribution in [0, 0.1) is 11.8 Å². The van der Waals surface area contributed by atoms with Crippen molar-refractivity contribution < 1.29 is 61.1 Å². The van der Waals surface area contributed by atoms with Gasteiger partial charge in [-0.2, -0.15) is 13.6 Å². The topological polar surface area (TPSA) is 307 Å². The third kappa shape index (κ3) is 8.87. The van der Waals surface area contributed by atoms with Gasteiger partial charge in [0.05, 0.1) is 35.8 Å². The Morgan fingerprint density at radius 2 is 1.91 bits per heavy atom. The summed E-state index contributed by atoms with van der Waals surface area (Å²) in [7, 11) is -15.1. The van der Waals surface area contributed by atoms with Crippen LogP contribution >= 0.6 is 23.5 Å². The van der Waals surface area contributed by atoms with Crippen molar-refractivity contribution in [2.75, 3.05) is 31.2 Å². The maximum absolute atomic E-state index is 12.8. The number of carbonyl (C=O) groups excluding carboxylic acids is 1. The Bertz CT molecular complexity index is 1860. The van der Waals surface area contributed by atoms with E-state index in [0.29, 0.717) is 11.3 Å². The average molecular weight is 692 g/mol. The highest BCUT2D eigenvalue weighted by molar-refractivity contribution is 7.66. The number of nitrogens with one attached hydrogen (secondary N) is 3. The molecule has 3 heterocycles. The summed E-state index contributed by atoms with van der Waals surface area (Å²) in [5.74, 6) is 4.90. The lowest BCUT2D eigenvalue weighted by Crippen LogP contribution is -2.26. The molecule has 2 unspecified atom stereocenters. The van der Waals surface area contributed by atoms with E-state index >= 15 is 0 Å². The van der Waals surface area contributed by atoms with Crippen LogP contribution < -0.4 is 21.9 Å². The fourth-order valence-corrected chi connectivity index (χ4v) is 7.28. The third-order valence-electron chi connectivity index (χ3n) is 6.03. The fraction of sp³-hybridized carbons (Fsp3) is 0.318. The van der Waals surface area contributed by atoms with E-state index in [1.54, 1.807) is 31.3 Å². The number of hydrogen-bond acceptors (Lipinski definition) is 13. The van der Waals surface area contributed by atoms with E-state index < -0.39 is 54.1 Å². The summed E-state index contributed by atoms with van der Waals surface area (Å²) >= 11 is 0. The minimum atomic E-state index is -5.74. The molecule has 0 saturated carbocycles. The summed E-state index contributed by atoms with van der Waals surface area (Å²) in [5, 5.41) is 16.1.